The van der Waals surface area contributed by atoms with Crippen molar-refractivity contribution in [3.05, 3.63) is 74.5 Å². The quantitative estimate of drug-likeness (QED) is 0.324. The molecule has 0 radical (unpaired) electrons. The van der Waals surface area contributed by atoms with E-state index in [1.54, 1.807) is 23.7 Å². The number of halogens is 3. The van der Waals surface area contributed by atoms with Crippen molar-refractivity contribution in [3.63, 3.8) is 0 Å². The van der Waals surface area contributed by atoms with E-state index in [1.165, 1.54) is 0 Å². The second-order valence-electron chi connectivity index (χ2n) is 10.9. The molecule has 1 saturated carbocycles. The number of carbonyl (C=O) groups is 3. The Balaban J connectivity index is 1.21. The molecule has 4 atom stereocenters. The molecule has 2 bridgehead atoms. The third-order valence-electron chi connectivity index (χ3n) is 8.44. The molecule has 1 N–H and O–H groups in total. The van der Waals surface area contributed by atoms with E-state index in [1.807, 2.05) is 42.3 Å². The Morgan fingerprint density at radius 2 is 1.80 bits per heavy atom. The number of benzene rings is 2. The molecule has 9 nitrogen and oxygen atoms in total. The Hall–Kier alpha value is -3.14. The summed E-state index contributed by atoms with van der Waals surface area (Å²) in [6.07, 6.45) is 4.55. The first-order valence-electron chi connectivity index (χ1n) is 13.1. The highest BCUT2D eigenvalue weighted by Gasteiger charge is 2.52. The number of amides is 4. The van der Waals surface area contributed by atoms with E-state index in [4.69, 9.17) is 34.8 Å². The van der Waals surface area contributed by atoms with Gasteiger partial charge in [-0.1, -0.05) is 76.3 Å². The van der Waals surface area contributed by atoms with Gasteiger partial charge in [-0.3, -0.25) is 14.5 Å². The molecule has 208 valence electrons. The molecule has 3 aromatic rings. The minimum absolute atomic E-state index is 0.0195. The normalized spacial score (nSPS) is 26.0. The van der Waals surface area contributed by atoms with Crippen molar-refractivity contribution in [3.8, 4) is 5.69 Å². The number of carbonyl (C=O) groups excluding carboxylic acids is 3. The molecule has 3 fully saturated rings. The number of aryl methyl sites for hydroxylation is 1. The van der Waals surface area contributed by atoms with E-state index in [9.17, 15) is 14.4 Å². The molecule has 6 rings (SSSR count). The number of hydrogen-bond donors (Lipinski definition) is 1. The Bertz CT molecular complexity index is 1530. The van der Waals surface area contributed by atoms with Crippen molar-refractivity contribution in [1.82, 2.24) is 30.1 Å². The lowest BCUT2D eigenvalue weighted by Gasteiger charge is -2.31. The highest BCUT2D eigenvalue weighted by molar-refractivity contribution is 6.43. The second-order valence-corrected chi connectivity index (χ2v) is 12.2. The van der Waals surface area contributed by atoms with E-state index >= 15 is 0 Å². The molecule has 2 aliphatic heterocycles. The molecule has 1 aromatic heterocycles. The largest absolute Gasteiger partial charge is 0.337 e. The van der Waals surface area contributed by atoms with Gasteiger partial charge in [-0.05, 0) is 50.3 Å². The maximum absolute atomic E-state index is 13.6. The SMILES string of the molecule is Cc1ccc(C2(C)NC(=O)N(CC(=O)N3CC4CCCC3C4c3cn(-c4cc(Cl)c(Cl)cc4Cl)nn3)C2=O)cc1. The van der Waals surface area contributed by atoms with Crippen molar-refractivity contribution in [2.24, 2.45) is 5.92 Å². The summed E-state index contributed by atoms with van der Waals surface area (Å²) < 4.78 is 1.57. The fourth-order valence-corrected chi connectivity index (χ4v) is 6.94. The lowest BCUT2D eigenvalue weighted by molar-refractivity contribution is -0.139. The molecular formula is C28H27Cl3N6O3. The third kappa shape index (κ3) is 4.44. The predicted molar refractivity (Wildman–Crippen MR) is 151 cm³/mol. The van der Waals surface area contributed by atoms with Crippen molar-refractivity contribution in [2.75, 3.05) is 13.1 Å². The van der Waals surface area contributed by atoms with Crippen LogP contribution in [0.2, 0.25) is 15.1 Å². The standard InChI is InChI=1S/C28H27Cl3N6O3/c1-15-6-8-17(9-7-15)28(2)26(39)36(27(40)32-28)14-24(38)35-12-16-4-3-5-22(35)25(16)21-13-37(34-33-21)23-11-19(30)18(29)10-20(23)31/h6-11,13,16,22,25H,3-5,12,14H2,1-2H3,(H,32,40). The molecule has 4 unspecified atom stereocenters. The van der Waals surface area contributed by atoms with Gasteiger partial charge < -0.3 is 10.2 Å². The van der Waals surface area contributed by atoms with Crippen LogP contribution in [-0.2, 0) is 15.1 Å². The molecular weight excluding hydrogens is 575 g/mol. The topological polar surface area (TPSA) is 100 Å². The zero-order chi connectivity index (χ0) is 28.3. The van der Waals surface area contributed by atoms with Crippen LogP contribution in [-0.4, -0.2) is 61.8 Å². The number of rotatable bonds is 5. The summed E-state index contributed by atoms with van der Waals surface area (Å²) in [5.41, 5.74) is 1.81. The van der Waals surface area contributed by atoms with E-state index < -0.39 is 17.5 Å². The first-order chi connectivity index (χ1) is 19.1. The van der Waals surface area contributed by atoms with Gasteiger partial charge in [0.05, 0.1) is 32.6 Å². The van der Waals surface area contributed by atoms with E-state index in [0.29, 0.717) is 32.9 Å². The molecule has 3 aliphatic rings. The van der Waals surface area contributed by atoms with Crippen molar-refractivity contribution >= 4 is 52.6 Å². The first-order valence-corrected chi connectivity index (χ1v) is 14.3. The minimum Gasteiger partial charge on any atom is -0.337 e. The van der Waals surface area contributed by atoms with Gasteiger partial charge in [0.15, 0.2) is 0 Å². The van der Waals surface area contributed by atoms with Crippen LogP contribution in [0.3, 0.4) is 0 Å². The molecule has 2 aromatic carbocycles. The van der Waals surface area contributed by atoms with E-state index in [2.05, 4.69) is 15.6 Å². The third-order valence-corrected chi connectivity index (χ3v) is 9.46. The second kappa shape index (κ2) is 10.0. The van der Waals surface area contributed by atoms with Gasteiger partial charge in [0.2, 0.25) is 5.91 Å². The van der Waals surface area contributed by atoms with Crippen LogP contribution < -0.4 is 5.32 Å². The summed E-state index contributed by atoms with van der Waals surface area (Å²) in [5, 5.41) is 12.6. The zero-order valence-corrected chi connectivity index (χ0v) is 24.2. The van der Waals surface area contributed by atoms with Crippen LogP contribution >= 0.6 is 34.8 Å². The van der Waals surface area contributed by atoms with E-state index in [-0.39, 0.29) is 30.3 Å². The smallest absolute Gasteiger partial charge is 0.325 e. The number of nitrogens with one attached hydrogen (secondary N) is 1. The number of hydrogen-bond acceptors (Lipinski definition) is 5. The van der Waals surface area contributed by atoms with Crippen LogP contribution in [0.4, 0.5) is 4.79 Å². The summed E-state index contributed by atoms with van der Waals surface area (Å²) in [7, 11) is 0. The Labute approximate surface area is 246 Å². The number of fused-ring (bicyclic) bond motifs is 2. The maximum Gasteiger partial charge on any atom is 0.325 e. The average molecular weight is 602 g/mol. The van der Waals surface area contributed by atoms with Gasteiger partial charge in [-0.25, -0.2) is 9.48 Å². The van der Waals surface area contributed by atoms with Crippen LogP contribution in [0.15, 0.2) is 42.6 Å². The number of aromatic nitrogens is 3. The van der Waals surface area contributed by atoms with Crippen molar-refractivity contribution in [1.29, 1.82) is 0 Å². The Morgan fingerprint density at radius 3 is 2.55 bits per heavy atom. The summed E-state index contributed by atoms with van der Waals surface area (Å²) in [5.74, 6) is -0.516. The molecule has 2 saturated heterocycles. The van der Waals surface area contributed by atoms with Gasteiger partial charge in [0.1, 0.15) is 12.1 Å². The molecule has 3 heterocycles. The zero-order valence-electron chi connectivity index (χ0n) is 21.9. The number of urea groups is 1. The molecule has 0 spiro atoms. The fourth-order valence-electron chi connectivity index (χ4n) is 6.31. The maximum atomic E-state index is 13.6. The summed E-state index contributed by atoms with van der Waals surface area (Å²) in [4.78, 5) is 42.8. The summed E-state index contributed by atoms with van der Waals surface area (Å²) in [6.45, 7) is 3.85. The summed E-state index contributed by atoms with van der Waals surface area (Å²) >= 11 is 18.7. The monoisotopic (exact) mass is 600 g/mol. The average Bonchev–Trinajstić information content (AvgIpc) is 3.54. The fraction of sp³-hybridized carbons (Fsp3) is 0.393. The Morgan fingerprint density at radius 1 is 1.07 bits per heavy atom. The molecule has 40 heavy (non-hydrogen) atoms. The van der Waals surface area contributed by atoms with Gasteiger partial charge in [-0.2, -0.15) is 0 Å². The van der Waals surface area contributed by atoms with E-state index in [0.717, 1.165) is 35.4 Å². The lowest BCUT2D eigenvalue weighted by atomic mass is 9.78. The van der Waals surface area contributed by atoms with Crippen molar-refractivity contribution in [2.45, 2.75) is 50.6 Å². The van der Waals surface area contributed by atoms with Crippen LogP contribution in [0.5, 0.6) is 0 Å². The van der Waals surface area contributed by atoms with Crippen LogP contribution in [0.25, 0.3) is 5.69 Å². The Kier molecular flexibility index (Phi) is 6.79. The number of nitrogens with zero attached hydrogens (tertiary/aromatic N) is 5. The molecule has 1 aliphatic carbocycles. The lowest BCUT2D eigenvalue weighted by Crippen LogP contribution is -2.46. The van der Waals surface area contributed by atoms with Crippen molar-refractivity contribution < 1.29 is 14.4 Å². The van der Waals surface area contributed by atoms with Crippen LogP contribution in [0.1, 0.15) is 48.9 Å². The van der Waals surface area contributed by atoms with Gasteiger partial charge in [0, 0.05) is 18.5 Å². The summed E-state index contributed by atoms with van der Waals surface area (Å²) in [6, 6.07) is 9.96. The highest BCUT2D eigenvalue weighted by Crippen LogP contribution is 2.46. The molecule has 4 amide bonds. The van der Waals surface area contributed by atoms with Gasteiger partial charge in [0.25, 0.3) is 5.91 Å². The highest BCUT2D eigenvalue weighted by atomic mass is 35.5. The predicted octanol–water partition coefficient (Wildman–Crippen LogP) is 5.10. The first kappa shape index (κ1) is 27.1. The molecule has 12 heteroatoms. The number of likely N-dealkylation sites (tertiary alicyclic amines) is 1. The van der Waals surface area contributed by atoms with Crippen LogP contribution in [0, 0.1) is 12.8 Å². The van der Waals surface area contributed by atoms with Gasteiger partial charge >= 0.3 is 6.03 Å². The minimum atomic E-state index is -1.22. The van der Waals surface area contributed by atoms with Gasteiger partial charge in [-0.15, -0.1) is 5.10 Å². The number of imide groups is 1.